The molecule has 0 aliphatic carbocycles. The van der Waals surface area contributed by atoms with Crippen molar-refractivity contribution in [3.05, 3.63) is 35.9 Å². The Morgan fingerprint density at radius 1 is 1.23 bits per heavy atom. The van der Waals surface area contributed by atoms with Gasteiger partial charge in [0.25, 0.3) is 0 Å². The highest BCUT2D eigenvalue weighted by atomic mass is 16.8. The first-order chi connectivity index (χ1) is 10.6. The minimum Gasteiger partial charge on any atom is -0.424 e. The van der Waals surface area contributed by atoms with Crippen molar-refractivity contribution in [1.82, 2.24) is 5.32 Å². The van der Waals surface area contributed by atoms with E-state index in [1.807, 2.05) is 30.3 Å². The summed E-state index contributed by atoms with van der Waals surface area (Å²) in [6, 6.07) is 9.60. The van der Waals surface area contributed by atoms with Crippen LogP contribution in [-0.2, 0) is 30.3 Å². The first kappa shape index (κ1) is 14.8. The van der Waals surface area contributed by atoms with Crippen LogP contribution in [0.1, 0.15) is 12.5 Å². The standard InChI is InChI=1S/C15H17NO6/c1-9(17)16-7-11-12-13(22-15(18)21-12)14(20-11)19-8-10-5-3-2-4-6-10/h2-6,11-14H,7-8H2,1H3,(H,16,17)/t11-,12-,13-,14-/m1/s1. The summed E-state index contributed by atoms with van der Waals surface area (Å²) in [6.45, 7) is 1.98. The summed E-state index contributed by atoms with van der Waals surface area (Å²) >= 11 is 0. The molecule has 0 radical (unpaired) electrons. The van der Waals surface area contributed by atoms with E-state index in [1.165, 1.54) is 6.92 Å². The maximum atomic E-state index is 11.3. The average molecular weight is 307 g/mol. The highest BCUT2D eigenvalue weighted by Crippen LogP contribution is 2.32. The molecule has 0 unspecified atom stereocenters. The number of nitrogens with one attached hydrogen (secondary N) is 1. The number of fused-ring (bicyclic) bond motifs is 1. The SMILES string of the molecule is CC(=O)NC[C@H]1O[C@@H](OCc2ccccc2)[C@@H]2OC(=O)O[C@@H]21. The van der Waals surface area contributed by atoms with Crippen LogP contribution in [-0.4, -0.2) is 43.2 Å². The number of carbonyl (C=O) groups is 2. The van der Waals surface area contributed by atoms with Gasteiger partial charge in [-0.3, -0.25) is 4.79 Å². The molecule has 7 heteroatoms. The minimum atomic E-state index is -0.737. The van der Waals surface area contributed by atoms with Crippen LogP contribution >= 0.6 is 0 Å². The molecule has 2 aliphatic heterocycles. The largest absolute Gasteiger partial charge is 0.509 e. The van der Waals surface area contributed by atoms with Crippen LogP contribution in [0.4, 0.5) is 4.79 Å². The Bertz CT molecular complexity index is 548. The van der Waals surface area contributed by atoms with Crippen molar-refractivity contribution in [1.29, 1.82) is 0 Å². The van der Waals surface area contributed by atoms with E-state index in [9.17, 15) is 9.59 Å². The van der Waals surface area contributed by atoms with Gasteiger partial charge in [0.05, 0.1) is 6.61 Å². The highest BCUT2D eigenvalue weighted by molar-refractivity contribution is 5.72. The smallest absolute Gasteiger partial charge is 0.424 e. The molecule has 2 fully saturated rings. The summed E-state index contributed by atoms with van der Waals surface area (Å²) in [5.41, 5.74) is 0.984. The fourth-order valence-electron chi connectivity index (χ4n) is 2.50. The second-order valence-corrected chi connectivity index (χ2v) is 5.19. The first-order valence-corrected chi connectivity index (χ1v) is 7.06. The van der Waals surface area contributed by atoms with E-state index < -0.39 is 30.8 Å². The maximum Gasteiger partial charge on any atom is 0.509 e. The van der Waals surface area contributed by atoms with Gasteiger partial charge in [-0.15, -0.1) is 0 Å². The lowest BCUT2D eigenvalue weighted by atomic mass is 10.1. The van der Waals surface area contributed by atoms with Crippen LogP contribution in [0.25, 0.3) is 0 Å². The number of benzene rings is 1. The Morgan fingerprint density at radius 2 is 1.95 bits per heavy atom. The number of hydrogen-bond donors (Lipinski definition) is 1. The molecule has 1 N–H and O–H groups in total. The van der Waals surface area contributed by atoms with E-state index in [1.54, 1.807) is 0 Å². The zero-order chi connectivity index (χ0) is 15.5. The zero-order valence-corrected chi connectivity index (χ0v) is 12.1. The summed E-state index contributed by atoms with van der Waals surface area (Å²) < 4.78 is 21.6. The van der Waals surface area contributed by atoms with Gasteiger partial charge in [0.15, 0.2) is 18.5 Å². The third kappa shape index (κ3) is 3.20. The molecule has 3 rings (SSSR count). The van der Waals surface area contributed by atoms with Crippen molar-refractivity contribution in [2.45, 2.75) is 38.1 Å². The van der Waals surface area contributed by atoms with Gasteiger partial charge < -0.3 is 24.3 Å². The van der Waals surface area contributed by atoms with Crippen LogP contribution in [0, 0.1) is 0 Å². The Kier molecular flexibility index (Phi) is 4.26. The molecule has 4 atom stereocenters. The van der Waals surface area contributed by atoms with Crippen molar-refractivity contribution in [2.75, 3.05) is 6.54 Å². The van der Waals surface area contributed by atoms with Gasteiger partial charge in [-0.2, -0.15) is 0 Å². The van der Waals surface area contributed by atoms with E-state index in [2.05, 4.69) is 5.32 Å². The number of rotatable bonds is 5. The molecule has 7 nitrogen and oxygen atoms in total. The predicted molar refractivity (Wildman–Crippen MR) is 73.7 cm³/mol. The van der Waals surface area contributed by atoms with Gasteiger partial charge in [0.1, 0.15) is 6.10 Å². The molecular weight excluding hydrogens is 290 g/mol. The monoisotopic (exact) mass is 307 g/mol. The molecule has 0 bridgehead atoms. The maximum absolute atomic E-state index is 11.3. The van der Waals surface area contributed by atoms with Crippen molar-refractivity contribution >= 4 is 12.1 Å². The Labute approximate surface area is 127 Å². The highest BCUT2D eigenvalue weighted by Gasteiger charge is 2.54. The van der Waals surface area contributed by atoms with Crippen molar-refractivity contribution in [3.63, 3.8) is 0 Å². The van der Waals surface area contributed by atoms with Gasteiger partial charge >= 0.3 is 6.16 Å². The normalized spacial score (nSPS) is 29.6. The van der Waals surface area contributed by atoms with Crippen LogP contribution < -0.4 is 5.32 Å². The molecule has 1 amide bonds. The number of hydrogen-bond acceptors (Lipinski definition) is 6. The number of amides is 1. The summed E-state index contributed by atoms with van der Waals surface area (Å²) in [5, 5.41) is 2.64. The molecule has 118 valence electrons. The summed E-state index contributed by atoms with van der Waals surface area (Å²) in [6.07, 6.45) is -3.12. The van der Waals surface area contributed by atoms with Gasteiger partial charge in [-0.05, 0) is 5.56 Å². The van der Waals surface area contributed by atoms with Gasteiger partial charge in [-0.1, -0.05) is 30.3 Å². The molecule has 0 aromatic heterocycles. The second-order valence-electron chi connectivity index (χ2n) is 5.19. The lowest BCUT2D eigenvalue weighted by Crippen LogP contribution is -2.38. The van der Waals surface area contributed by atoms with Crippen LogP contribution in [0.3, 0.4) is 0 Å². The van der Waals surface area contributed by atoms with E-state index in [-0.39, 0.29) is 12.5 Å². The summed E-state index contributed by atoms with van der Waals surface area (Å²) in [5.74, 6) is -0.181. The molecule has 22 heavy (non-hydrogen) atoms. The molecule has 1 aromatic carbocycles. The molecule has 2 saturated heterocycles. The van der Waals surface area contributed by atoms with Gasteiger partial charge in [0, 0.05) is 13.5 Å². The lowest BCUT2D eigenvalue weighted by Gasteiger charge is -2.17. The summed E-state index contributed by atoms with van der Waals surface area (Å²) in [7, 11) is 0. The third-order valence-corrected chi connectivity index (χ3v) is 3.54. The van der Waals surface area contributed by atoms with E-state index in [4.69, 9.17) is 18.9 Å². The van der Waals surface area contributed by atoms with Gasteiger partial charge in [-0.25, -0.2) is 4.79 Å². The van der Waals surface area contributed by atoms with Crippen LogP contribution in [0.2, 0.25) is 0 Å². The Balaban J connectivity index is 1.61. The number of carbonyl (C=O) groups excluding carboxylic acids is 2. The van der Waals surface area contributed by atoms with Gasteiger partial charge in [0.2, 0.25) is 5.91 Å². The van der Waals surface area contributed by atoms with Crippen molar-refractivity contribution in [3.8, 4) is 0 Å². The molecule has 2 heterocycles. The molecular formula is C15H17NO6. The lowest BCUT2D eigenvalue weighted by molar-refractivity contribution is -0.173. The quantitative estimate of drug-likeness (QED) is 0.816. The molecule has 1 aromatic rings. The van der Waals surface area contributed by atoms with E-state index in [0.29, 0.717) is 6.61 Å². The van der Waals surface area contributed by atoms with Crippen LogP contribution in [0.5, 0.6) is 0 Å². The van der Waals surface area contributed by atoms with Crippen LogP contribution in [0.15, 0.2) is 30.3 Å². The fourth-order valence-corrected chi connectivity index (χ4v) is 2.50. The number of ether oxygens (including phenoxy) is 4. The fraction of sp³-hybridized carbons (Fsp3) is 0.467. The second kappa shape index (κ2) is 6.33. The summed E-state index contributed by atoms with van der Waals surface area (Å²) in [4.78, 5) is 22.3. The molecule has 0 spiro atoms. The molecule has 0 saturated carbocycles. The van der Waals surface area contributed by atoms with Crippen molar-refractivity contribution in [2.24, 2.45) is 0 Å². The Morgan fingerprint density at radius 3 is 2.68 bits per heavy atom. The zero-order valence-electron chi connectivity index (χ0n) is 12.1. The van der Waals surface area contributed by atoms with E-state index >= 15 is 0 Å². The first-order valence-electron chi connectivity index (χ1n) is 7.06. The minimum absolute atomic E-state index is 0.181. The molecule has 2 aliphatic rings. The van der Waals surface area contributed by atoms with E-state index in [0.717, 1.165) is 5.56 Å². The predicted octanol–water partition coefficient (Wildman–Crippen LogP) is 0.968. The Hall–Kier alpha value is -2.12. The topological polar surface area (TPSA) is 83.1 Å². The average Bonchev–Trinajstić information content (AvgIpc) is 3.02. The third-order valence-electron chi connectivity index (χ3n) is 3.54. The van der Waals surface area contributed by atoms with Crippen molar-refractivity contribution < 1.29 is 28.5 Å².